The molecular formula is C9H19NOS. The highest BCUT2D eigenvalue weighted by Gasteiger charge is 2.24. The minimum Gasteiger partial charge on any atom is -0.290 e. The number of rotatable bonds is 6. The van der Waals surface area contributed by atoms with Gasteiger partial charge in [0.05, 0.1) is 0 Å². The van der Waals surface area contributed by atoms with Crippen LogP contribution in [0.4, 0.5) is 0 Å². The molecule has 72 valence electrons. The zero-order valence-electron chi connectivity index (χ0n) is 8.46. The molecule has 12 heavy (non-hydrogen) atoms. The molecule has 0 aliphatic heterocycles. The van der Waals surface area contributed by atoms with Crippen molar-refractivity contribution >= 4 is 17.6 Å². The highest BCUT2D eigenvalue weighted by molar-refractivity contribution is 8.09. The maximum absolute atomic E-state index is 10.3. The van der Waals surface area contributed by atoms with Gasteiger partial charge in [0.15, 0.2) is 5.62 Å². The van der Waals surface area contributed by atoms with Crippen molar-refractivity contribution in [2.75, 3.05) is 6.54 Å². The molecule has 2 nitrogen and oxygen atoms in total. The molecule has 0 saturated carbocycles. The summed E-state index contributed by atoms with van der Waals surface area (Å²) in [5.74, 6) is 0. The molecule has 0 atom stereocenters. The summed E-state index contributed by atoms with van der Waals surface area (Å²) in [7, 11) is 0. The second-order valence-corrected chi connectivity index (χ2v) is 4.30. The Morgan fingerprint density at radius 2 is 2.00 bits per heavy atom. The molecule has 0 aromatic heterocycles. The molecule has 0 radical (unpaired) electrons. The van der Waals surface area contributed by atoms with E-state index in [1.807, 2.05) is 0 Å². The van der Waals surface area contributed by atoms with Gasteiger partial charge in [-0.25, -0.2) is 4.31 Å². The van der Waals surface area contributed by atoms with Gasteiger partial charge < -0.3 is 0 Å². The van der Waals surface area contributed by atoms with E-state index in [0.29, 0.717) is 0 Å². The Kier molecular flexibility index (Phi) is 5.59. The summed E-state index contributed by atoms with van der Waals surface area (Å²) < 4.78 is 2.13. The second kappa shape index (κ2) is 5.60. The van der Waals surface area contributed by atoms with E-state index in [-0.39, 0.29) is 5.54 Å². The predicted octanol–water partition coefficient (Wildman–Crippen LogP) is 2.73. The molecule has 0 heterocycles. The molecule has 0 rings (SSSR count). The van der Waals surface area contributed by atoms with Crippen LogP contribution in [0.3, 0.4) is 0 Å². The van der Waals surface area contributed by atoms with Crippen LogP contribution in [-0.4, -0.2) is 22.0 Å². The van der Waals surface area contributed by atoms with Crippen molar-refractivity contribution in [1.82, 2.24) is 4.31 Å². The van der Waals surface area contributed by atoms with E-state index in [4.69, 9.17) is 0 Å². The summed E-state index contributed by atoms with van der Waals surface area (Å²) in [6, 6.07) is 0. The summed E-state index contributed by atoms with van der Waals surface area (Å²) in [6.07, 6.45) is 2.28. The highest BCUT2D eigenvalue weighted by atomic mass is 32.2. The van der Waals surface area contributed by atoms with Crippen molar-refractivity contribution < 1.29 is 4.79 Å². The first-order chi connectivity index (χ1) is 5.58. The van der Waals surface area contributed by atoms with Crippen LogP contribution in [0.5, 0.6) is 0 Å². The van der Waals surface area contributed by atoms with Gasteiger partial charge in [-0.1, -0.05) is 20.3 Å². The first kappa shape index (κ1) is 12.0. The molecule has 0 aliphatic rings. The Labute approximate surface area is 79.8 Å². The Morgan fingerprint density at radius 3 is 2.33 bits per heavy atom. The molecular weight excluding hydrogens is 170 g/mol. The fraction of sp³-hybridized carbons (Fsp3) is 0.889. The lowest BCUT2D eigenvalue weighted by Gasteiger charge is -2.35. The van der Waals surface area contributed by atoms with E-state index in [9.17, 15) is 4.79 Å². The van der Waals surface area contributed by atoms with Gasteiger partial charge in [0.25, 0.3) is 0 Å². The van der Waals surface area contributed by atoms with Crippen molar-refractivity contribution in [3.8, 4) is 0 Å². The van der Waals surface area contributed by atoms with Crippen molar-refractivity contribution in [3.63, 3.8) is 0 Å². The number of nitrogens with zero attached hydrogens (tertiary/aromatic N) is 1. The van der Waals surface area contributed by atoms with Crippen molar-refractivity contribution in [1.29, 1.82) is 0 Å². The summed E-state index contributed by atoms with van der Waals surface area (Å²) in [6.45, 7) is 9.51. The number of hydrogen-bond donors (Lipinski definition) is 0. The topological polar surface area (TPSA) is 20.3 Å². The first-order valence-electron chi connectivity index (χ1n) is 4.46. The van der Waals surface area contributed by atoms with Gasteiger partial charge in [0.1, 0.15) is 0 Å². The average molecular weight is 189 g/mol. The summed E-state index contributed by atoms with van der Waals surface area (Å²) in [5.41, 5.74) is 1.04. The van der Waals surface area contributed by atoms with Crippen molar-refractivity contribution in [3.05, 3.63) is 0 Å². The van der Waals surface area contributed by atoms with Gasteiger partial charge in [0.2, 0.25) is 0 Å². The first-order valence-corrected chi connectivity index (χ1v) is 5.30. The molecule has 0 N–H and O–H groups in total. The van der Waals surface area contributed by atoms with E-state index in [0.717, 1.165) is 25.0 Å². The van der Waals surface area contributed by atoms with Crippen LogP contribution in [0.25, 0.3) is 0 Å². The molecule has 0 fully saturated rings. The van der Waals surface area contributed by atoms with Crippen molar-refractivity contribution in [2.24, 2.45) is 0 Å². The summed E-state index contributed by atoms with van der Waals surface area (Å²) in [4.78, 5) is 10.3. The van der Waals surface area contributed by atoms with E-state index >= 15 is 0 Å². The monoisotopic (exact) mass is 189 g/mol. The molecule has 0 saturated heterocycles. The minimum absolute atomic E-state index is 0.134. The van der Waals surface area contributed by atoms with Crippen molar-refractivity contribution in [2.45, 2.75) is 46.1 Å². The SMILES string of the molecule is CCCC(C)(C)N(CC)SC=O. The Hall–Kier alpha value is -0.0200. The lowest BCUT2D eigenvalue weighted by molar-refractivity contribution is 0.241. The van der Waals surface area contributed by atoms with Gasteiger partial charge in [-0.3, -0.25) is 4.79 Å². The largest absolute Gasteiger partial charge is 0.290 e. The fourth-order valence-electron chi connectivity index (χ4n) is 1.43. The zero-order chi connectivity index (χ0) is 9.61. The van der Waals surface area contributed by atoms with Gasteiger partial charge >= 0.3 is 0 Å². The van der Waals surface area contributed by atoms with E-state index in [2.05, 4.69) is 32.0 Å². The molecule has 0 bridgehead atoms. The van der Waals surface area contributed by atoms with E-state index in [1.165, 1.54) is 11.9 Å². The molecule has 0 unspecified atom stereocenters. The van der Waals surface area contributed by atoms with Crippen LogP contribution in [0.2, 0.25) is 0 Å². The third-order valence-electron chi connectivity index (χ3n) is 1.99. The second-order valence-electron chi connectivity index (χ2n) is 3.46. The van der Waals surface area contributed by atoms with Crippen LogP contribution in [0.1, 0.15) is 40.5 Å². The van der Waals surface area contributed by atoms with Gasteiger partial charge in [0, 0.05) is 12.1 Å². The summed E-state index contributed by atoms with van der Waals surface area (Å²) >= 11 is 1.28. The van der Waals surface area contributed by atoms with Crippen LogP contribution in [0.15, 0.2) is 0 Å². The molecule has 0 aromatic carbocycles. The lowest BCUT2D eigenvalue weighted by Crippen LogP contribution is -2.38. The molecule has 0 amide bonds. The third kappa shape index (κ3) is 3.59. The Morgan fingerprint density at radius 1 is 1.42 bits per heavy atom. The Bertz CT molecular complexity index is 136. The number of carbonyl (C=O) groups is 1. The predicted molar refractivity (Wildman–Crippen MR) is 55.7 cm³/mol. The zero-order valence-corrected chi connectivity index (χ0v) is 9.28. The normalized spacial score (nSPS) is 12.1. The average Bonchev–Trinajstić information content (AvgIpc) is 1.99. The van der Waals surface area contributed by atoms with Crippen LogP contribution < -0.4 is 0 Å². The fourth-order valence-corrected chi connectivity index (χ4v) is 2.06. The molecule has 0 spiro atoms. The number of carbonyl (C=O) groups excluding carboxylic acids is 1. The van der Waals surface area contributed by atoms with E-state index < -0.39 is 0 Å². The maximum atomic E-state index is 10.3. The third-order valence-corrected chi connectivity index (χ3v) is 3.09. The Balaban J connectivity index is 4.14. The van der Waals surface area contributed by atoms with Gasteiger partial charge in [-0.2, -0.15) is 0 Å². The van der Waals surface area contributed by atoms with Gasteiger partial charge in [-0.15, -0.1) is 0 Å². The highest BCUT2D eigenvalue weighted by Crippen LogP contribution is 2.25. The maximum Gasteiger partial charge on any atom is 0.191 e. The number of hydrogen-bond acceptors (Lipinski definition) is 3. The van der Waals surface area contributed by atoms with Crippen LogP contribution in [0, 0.1) is 0 Å². The minimum atomic E-state index is 0.134. The standard InChI is InChI=1S/C9H19NOS/c1-5-7-9(3,4)10(6-2)12-8-11/h8H,5-7H2,1-4H3. The van der Waals surface area contributed by atoms with Crippen LogP contribution >= 0.6 is 11.9 Å². The summed E-state index contributed by atoms with van der Waals surface area (Å²) in [5, 5.41) is 0. The molecule has 3 heteroatoms. The lowest BCUT2D eigenvalue weighted by atomic mass is 9.99. The molecule has 0 aromatic rings. The van der Waals surface area contributed by atoms with E-state index in [1.54, 1.807) is 0 Å². The smallest absolute Gasteiger partial charge is 0.191 e. The van der Waals surface area contributed by atoms with Crippen LogP contribution in [-0.2, 0) is 4.79 Å². The quantitative estimate of drug-likeness (QED) is 0.473. The molecule has 0 aliphatic carbocycles. The van der Waals surface area contributed by atoms with Gasteiger partial charge in [-0.05, 0) is 32.2 Å².